The smallest absolute Gasteiger partial charge is 0.193 e. The standard InChI is InChI=1S/C6H4F2N2O/c7-4-1-5(8)6(2-9)10(11)3-4/h1,3,6,11H. The Balaban J connectivity index is 2.93. The summed E-state index contributed by atoms with van der Waals surface area (Å²) in [6, 6.07) is 0.0236. The summed E-state index contributed by atoms with van der Waals surface area (Å²) in [5.74, 6) is -1.92. The van der Waals surface area contributed by atoms with Crippen molar-refractivity contribution in [2.24, 2.45) is 0 Å². The number of hydrogen-bond donors (Lipinski definition) is 1. The van der Waals surface area contributed by atoms with E-state index in [-0.39, 0.29) is 5.06 Å². The van der Waals surface area contributed by atoms with Gasteiger partial charge in [-0.3, -0.25) is 5.21 Å². The molecule has 1 aliphatic heterocycles. The van der Waals surface area contributed by atoms with Crippen LogP contribution in [0.15, 0.2) is 23.9 Å². The van der Waals surface area contributed by atoms with Crippen LogP contribution < -0.4 is 0 Å². The van der Waals surface area contributed by atoms with Crippen molar-refractivity contribution in [3.8, 4) is 6.07 Å². The lowest BCUT2D eigenvalue weighted by Gasteiger charge is -2.19. The Morgan fingerprint density at radius 1 is 1.64 bits per heavy atom. The highest BCUT2D eigenvalue weighted by atomic mass is 19.1. The van der Waals surface area contributed by atoms with Crippen molar-refractivity contribution >= 4 is 0 Å². The molecule has 58 valence electrons. The fourth-order valence-electron chi connectivity index (χ4n) is 0.696. The lowest BCUT2D eigenvalue weighted by Crippen LogP contribution is -2.29. The predicted molar refractivity (Wildman–Crippen MR) is 31.4 cm³/mol. The Hall–Kier alpha value is -1.41. The molecule has 0 radical (unpaired) electrons. The third-order valence-corrected chi connectivity index (χ3v) is 1.18. The number of hydroxylamine groups is 2. The van der Waals surface area contributed by atoms with Crippen LogP contribution in [0.1, 0.15) is 0 Å². The predicted octanol–water partition coefficient (Wildman–Crippen LogP) is 1.25. The van der Waals surface area contributed by atoms with Crippen LogP contribution in [0.3, 0.4) is 0 Å². The van der Waals surface area contributed by atoms with Gasteiger partial charge in [-0.05, 0) is 0 Å². The van der Waals surface area contributed by atoms with Gasteiger partial charge in [-0.25, -0.2) is 13.8 Å². The number of hydrogen-bond acceptors (Lipinski definition) is 3. The number of allylic oxidation sites excluding steroid dienone is 2. The molecule has 0 saturated carbocycles. The van der Waals surface area contributed by atoms with Gasteiger partial charge >= 0.3 is 0 Å². The van der Waals surface area contributed by atoms with Gasteiger partial charge in [0.2, 0.25) is 0 Å². The van der Waals surface area contributed by atoms with E-state index in [1.165, 1.54) is 6.07 Å². The van der Waals surface area contributed by atoms with E-state index in [1.54, 1.807) is 0 Å². The topological polar surface area (TPSA) is 47.3 Å². The Morgan fingerprint density at radius 2 is 2.27 bits per heavy atom. The van der Waals surface area contributed by atoms with Gasteiger partial charge in [-0.15, -0.1) is 0 Å². The molecule has 0 aromatic carbocycles. The molecule has 0 spiro atoms. The second-order valence-corrected chi connectivity index (χ2v) is 1.95. The van der Waals surface area contributed by atoms with Crippen molar-refractivity contribution in [2.75, 3.05) is 0 Å². The Morgan fingerprint density at radius 3 is 2.73 bits per heavy atom. The number of nitriles is 1. The summed E-state index contributed by atoms with van der Waals surface area (Å²) in [6.07, 6.45) is 1.19. The summed E-state index contributed by atoms with van der Waals surface area (Å²) in [5.41, 5.74) is 0. The van der Waals surface area contributed by atoms with E-state index in [2.05, 4.69) is 0 Å². The van der Waals surface area contributed by atoms with Gasteiger partial charge < -0.3 is 0 Å². The molecule has 1 N–H and O–H groups in total. The second-order valence-electron chi connectivity index (χ2n) is 1.95. The van der Waals surface area contributed by atoms with Crippen molar-refractivity contribution in [3.05, 3.63) is 23.9 Å². The summed E-state index contributed by atoms with van der Waals surface area (Å²) >= 11 is 0. The van der Waals surface area contributed by atoms with Crippen molar-refractivity contribution < 1.29 is 14.0 Å². The molecular weight excluding hydrogens is 154 g/mol. The van der Waals surface area contributed by atoms with Crippen LogP contribution in [0.25, 0.3) is 0 Å². The first-order chi connectivity index (χ1) is 5.15. The summed E-state index contributed by atoms with van der Waals surface area (Å²) in [5, 5.41) is 17.1. The summed E-state index contributed by atoms with van der Waals surface area (Å²) in [6.45, 7) is 0. The molecule has 11 heavy (non-hydrogen) atoms. The van der Waals surface area contributed by atoms with Crippen LogP contribution in [0.4, 0.5) is 8.78 Å². The number of halogens is 2. The van der Waals surface area contributed by atoms with Gasteiger partial charge in [0, 0.05) is 6.08 Å². The quantitative estimate of drug-likeness (QED) is 0.577. The fourth-order valence-corrected chi connectivity index (χ4v) is 0.696. The second kappa shape index (κ2) is 2.68. The molecule has 5 heteroatoms. The molecule has 0 aromatic rings. The minimum absolute atomic E-state index is 0.185. The molecule has 0 aromatic heterocycles. The SMILES string of the molecule is N#CC1C(F)=CC(F)=CN1O. The summed E-state index contributed by atoms with van der Waals surface area (Å²) < 4.78 is 24.7. The highest BCUT2D eigenvalue weighted by Gasteiger charge is 2.23. The number of rotatable bonds is 0. The molecule has 1 rings (SSSR count). The molecule has 1 atom stereocenters. The molecule has 1 aliphatic rings. The van der Waals surface area contributed by atoms with Crippen molar-refractivity contribution in [1.82, 2.24) is 5.06 Å². The van der Waals surface area contributed by atoms with Crippen molar-refractivity contribution in [2.45, 2.75) is 6.04 Å². The van der Waals surface area contributed by atoms with Crippen LogP contribution in [-0.4, -0.2) is 16.3 Å². The van der Waals surface area contributed by atoms with E-state index in [9.17, 15) is 8.78 Å². The minimum atomic E-state index is -1.42. The summed E-state index contributed by atoms with van der Waals surface area (Å²) in [4.78, 5) is 0. The highest BCUT2D eigenvalue weighted by Crippen LogP contribution is 2.19. The third-order valence-electron chi connectivity index (χ3n) is 1.18. The Kier molecular flexibility index (Phi) is 1.87. The van der Waals surface area contributed by atoms with Crippen molar-refractivity contribution in [3.63, 3.8) is 0 Å². The van der Waals surface area contributed by atoms with Gasteiger partial charge in [-0.1, -0.05) is 0 Å². The average Bonchev–Trinajstić information content (AvgIpc) is 1.85. The maximum absolute atomic E-state index is 12.5. The van der Waals surface area contributed by atoms with E-state index >= 15 is 0 Å². The Labute approximate surface area is 61.4 Å². The van der Waals surface area contributed by atoms with Gasteiger partial charge in [-0.2, -0.15) is 5.26 Å². The molecule has 1 unspecified atom stereocenters. The van der Waals surface area contributed by atoms with E-state index in [4.69, 9.17) is 10.5 Å². The van der Waals surface area contributed by atoms with E-state index < -0.39 is 17.7 Å². The third kappa shape index (κ3) is 1.36. The first-order valence-corrected chi connectivity index (χ1v) is 2.76. The maximum Gasteiger partial charge on any atom is 0.193 e. The van der Waals surface area contributed by atoms with E-state index in [1.807, 2.05) is 0 Å². The Bertz CT molecular complexity index is 266. The van der Waals surface area contributed by atoms with Crippen LogP contribution in [0, 0.1) is 11.3 Å². The fraction of sp³-hybridized carbons (Fsp3) is 0.167. The zero-order valence-corrected chi connectivity index (χ0v) is 5.33. The van der Waals surface area contributed by atoms with Crippen LogP contribution in [-0.2, 0) is 0 Å². The van der Waals surface area contributed by atoms with Gasteiger partial charge in [0.15, 0.2) is 6.04 Å². The van der Waals surface area contributed by atoms with Crippen LogP contribution in [0.2, 0.25) is 0 Å². The maximum atomic E-state index is 12.5. The van der Waals surface area contributed by atoms with Gasteiger partial charge in [0.1, 0.15) is 11.7 Å². The van der Waals surface area contributed by atoms with Gasteiger partial charge in [0.25, 0.3) is 0 Å². The lowest BCUT2D eigenvalue weighted by atomic mass is 10.2. The minimum Gasteiger partial charge on any atom is -0.287 e. The van der Waals surface area contributed by atoms with Crippen LogP contribution >= 0.6 is 0 Å². The summed E-state index contributed by atoms with van der Waals surface area (Å²) in [7, 11) is 0. The average molecular weight is 158 g/mol. The van der Waals surface area contributed by atoms with Gasteiger partial charge in [0.05, 0.1) is 12.3 Å². The molecular formula is C6H4F2N2O. The lowest BCUT2D eigenvalue weighted by molar-refractivity contribution is -0.0607. The molecule has 1 heterocycles. The van der Waals surface area contributed by atoms with Crippen LogP contribution in [0.5, 0.6) is 0 Å². The first kappa shape index (κ1) is 7.69. The highest BCUT2D eigenvalue weighted by molar-refractivity contribution is 5.26. The van der Waals surface area contributed by atoms with Crippen molar-refractivity contribution in [1.29, 1.82) is 5.26 Å². The molecule has 0 saturated heterocycles. The zero-order chi connectivity index (χ0) is 8.43. The molecule has 0 bridgehead atoms. The largest absolute Gasteiger partial charge is 0.287 e. The normalized spacial score (nSPS) is 23.8. The van der Waals surface area contributed by atoms with E-state index in [0.29, 0.717) is 12.3 Å². The number of nitrogens with zero attached hydrogens (tertiary/aromatic N) is 2. The molecule has 0 fully saturated rings. The monoisotopic (exact) mass is 158 g/mol. The zero-order valence-electron chi connectivity index (χ0n) is 5.33. The first-order valence-electron chi connectivity index (χ1n) is 2.76. The molecule has 0 amide bonds. The molecule has 0 aliphatic carbocycles. The van der Waals surface area contributed by atoms with E-state index in [0.717, 1.165) is 0 Å². The molecule has 3 nitrogen and oxygen atoms in total.